The molecule has 1 amide bonds. The van der Waals surface area contributed by atoms with Gasteiger partial charge in [0, 0.05) is 7.05 Å². The van der Waals surface area contributed by atoms with Crippen molar-refractivity contribution in [1.82, 2.24) is 15.3 Å². The fraction of sp³-hybridized carbons (Fsp3) is 0.143. The van der Waals surface area contributed by atoms with Crippen molar-refractivity contribution in [1.29, 1.82) is 5.26 Å². The van der Waals surface area contributed by atoms with Gasteiger partial charge in [0.15, 0.2) is 6.33 Å². The van der Waals surface area contributed by atoms with Gasteiger partial charge in [-0.3, -0.25) is 10.2 Å². The minimum Gasteiger partial charge on any atom is -0.358 e. The Morgan fingerprint density at radius 1 is 1.76 bits per heavy atom. The molecule has 1 heterocycles. The second-order valence-corrected chi connectivity index (χ2v) is 2.62. The van der Waals surface area contributed by atoms with Crippen LogP contribution >= 0.6 is 0 Å². The molecule has 0 saturated carbocycles. The SMILES string of the molecule is CNC(=O)/C(C#N)=N/Nc1nc[nH]c1[N+](=O)[O-]. The highest BCUT2D eigenvalue weighted by Crippen LogP contribution is 2.17. The number of H-pyrrole nitrogens is 1. The van der Waals surface area contributed by atoms with E-state index in [1.807, 2.05) is 0 Å². The first-order chi connectivity index (χ1) is 8.10. The summed E-state index contributed by atoms with van der Waals surface area (Å²) in [6, 6.07) is 1.53. The van der Waals surface area contributed by atoms with E-state index in [9.17, 15) is 14.9 Å². The first-order valence-corrected chi connectivity index (χ1v) is 4.23. The van der Waals surface area contributed by atoms with E-state index in [-0.39, 0.29) is 5.82 Å². The predicted octanol–water partition coefficient (Wildman–Crippen LogP) is -0.645. The minimum atomic E-state index is -0.712. The number of nitrogens with one attached hydrogen (secondary N) is 3. The molecule has 0 radical (unpaired) electrons. The maximum Gasteiger partial charge on any atom is 0.366 e. The highest BCUT2D eigenvalue weighted by atomic mass is 16.6. The van der Waals surface area contributed by atoms with Crippen molar-refractivity contribution in [2.75, 3.05) is 12.5 Å². The number of hydrogen-bond donors (Lipinski definition) is 3. The van der Waals surface area contributed by atoms with Crippen LogP contribution in [0.3, 0.4) is 0 Å². The fourth-order valence-corrected chi connectivity index (χ4v) is 0.862. The summed E-state index contributed by atoms with van der Waals surface area (Å²) >= 11 is 0. The molecule has 0 atom stereocenters. The van der Waals surface area contributed by atoms with Crippen molar-refractivity contribution in [3.8, 4) is 6.07 Å². The molecule has 0 aliphatic heterocycles. The number of aromatic nitrogens is 2. The monoisotopic (exact) mass is 237 g/mol. The zero-order valence-electron chi connectivity index (χ0n) is 8.59. The Labute approximate surface area is 94.5 Å². The summed E-state index contributed by atoms with van der Waals surface area (Å²) in [6.45, 7) is 0. The smallest absolute Gasteiger partial charge is 0.358 e. The Bertz CT molecular complexity index is 512. The van der Waals surface area contributed by atoms with E-state index in [0.29, 0.717) is 0 Å². The molecule has 0 aliphatic rings. The normalized spacial score (nSPS) is 10.5. The van der Waals surface area contributed by atoms with E-state index in [0.717, 1.165) is 6.33 Å². The maximum absolute atomic E-state index is 11.1. The van der Waals surface area contributed by atoms with Crippen molar-refractivity contribution in [2.24, 2.45) is 5.10 Å². The van der Waals surface area contributed by atoms with Gasteiger partial charge in [0.25, 0.3) is 5.91 Å². The summed E-state index contributed by atoms with van der Waals surface area (Å²) in [5.41, 5.74) is 1.69. The van der Waals surface area contributed by atoms with Gasteiger partial charge in [0.05, 0.1) is 0 Å². The van der Waals surface area contributed by atoms with E-state index < -0.39 is 22.4 Å². The molecule has 0 saturated heterocycles. The zero-order valence-corrected chi connectivity index (χ0v) is 8.59. The van der Waals surface area contributed by atoms with Crippen LogP contribution in [0.1, 0.15) is 0 Å². The summed E-state index contributed by atoms with van der Waals surface area (Å²) < 4.78 is 0. The van der Waals surface area contributed by atoms with Gasteiger partial charge >= 0.3 is 5.82 Å². The van der Waals surface area contributed by atoms with Crippen molar-refractivity contribution in [3.05, 3.63) is 16.4 Å². The molecule has 10 nitrogen and oxygen atoms in total. The standard InChI is InChI=1S/C7H7N7O3/c1-9-7(15)4(2-8)12-13-5-6(14(16)17)11-3-10-5/h3,13H,1H3,(H,9,15)(H,10,11)/b12-4+. The van der Waals surface area contributed by atoms with Gasteiger partial charge in [-0.25, -0.2) is 4.98 Å². The lowest BCUT2D eigenvalue weighted by Crippen LogP contribution is -2.27. The summed E-state index contributed by atoms with van der Waals surface area (Å²) in [4.78, 5) is 26.7. The molecule has 17 heavy (non-hydrogen) atoms. The zero-order chi connectivity index (χ0) is 12.8. The molecule has 0 spiro atoms. The number of rotatable bonds is 4. The molecule has 1 rings (SSSR count). The first-order valence-electron chi connectivity index (χ1n) is 4.23. The lowest BCUT2D eigenvalue weighted by atomic mass is 10.4. The fourth-order valence-electron chi connectivity index (χ4n) is 0.862. The lowest BCUT2D eigenvalue weighted by Gasteiger charge is -1.98. The second-order valence-electron chi connectivity index (χ2n) is 2.62. The van der Waals surface area contributed by atoms with E-state index in [4.69, 9.17) is 5.26 Å². The summed E-state index contributed by atoms with van der Waals surface area (Å²) in [6.07, 6.45) is 1.09. The predicted molar refractivity (Wildman–Crippen MR) is 56.0 cm³/mol. The molecule has 0 fully saturated rings. The number of hydrogen-bond acceptors (Lipinski definition) is 7. The molecular weight excluding hydrogens is 230 g/mol. The number of carbonyl (C=O) groups is 1. The second kappa shape index (κ2) is 5.21. The third-order valence-electron chi connectivity index (χ3n) is 1.62. The van der Waals surface area contributed by atoms with Gasteiger partial charge in [-0.2, -0.15) is 15.3 Å². The third-order valence-corrected chi connectivity index (χ3v) is 1.62. The highest BCUT2D eigenvalue weighted by Gasteiger charge is 2.15. The number of imidazole rings is 1. The largest absolute Gasteiger partial charge is 0.366 e. The molecule has 0 unspecified atom stereocenters. The van der Waals surface area contributed by atoms with Crippen LogP contribution < -0.4 is 10.7 Å². The number of hydrazone groups is 1. The Morgan fingerprint density at radius 2 is 2.47 bits per heavy atom. The van der Waals surface area contributed by atoms with E-state index in [1.165, 1.54) is 13.1 Å². The van der Waals surface area contributed by atoms with Crippen molar-refractivity contribution in [3.63, 3.8) is 0 Å². The summed E-state index contributed by atoms with van der Waals surface area (Å²) in [5.74, 6) is -1.31. The molecular formula is C7H7N7O3. The molecule has 1 aromatic rings. The van der Waals surface area contributed by atoms with Gasteiger partial charge in [0.2, 0.25) is 11.5 Å². The van der Waals surface area contributed by atoms with Crippen LogP contribution in [0.25, 0.3) is 0 Å². The Balaban J connectivity index is 2.89. The average molecular weight is 237 g/mol. The molecule has 0 aliphatic carbocycles. The number of carbonyl (C=O) groups excluding carboxylic acids is 1. The van der Waals surface area contributed by atoms with Gasteiger partial charge in [-0.1, -0.05) is 0 Å². The van der Waals surface area contributed by atoms with E-state index in [2.05, 4.69) is 25.8 Å². The van der Waals surface area contributed by atoms with Crippen molar-refractivity contribution >= 4 is 23.3 Å². The van der Waals surface area contributed by atoms with Gasteiger partial charge in [-0.15, -0.1) is 0 Å². The summed E-state index contributed by atoms with van der Waals surface area (Å²) in [7, 11) is 1.33. The Hall–Kier alpha value is -2.96. The number of amides is 1. The van der Waals surface area contributed by atoms with Crippen LogP contribution in [0.4, 0.5) is 11.6 Å². The minimum absolute atomic E-state index is 0.188. The highest BCUT2D eigenvalue weighted by molar-refractivity contribution is 6.45. The molecule has 1 aromatic heterocycles. The van der Waals surface area contributed by atoms with Crippen LogP contribution in [-0.2, 0) is 4.79 Å². The number of aromatic amines is 1. The molecule has 3 N–H and O–H groups in total. The topological polar surface area (TPSA) is 149 Å². The Kier molecular flexibility index (Phi) is 3.71. The Morgan fingerprint density at radius 3 is 3.00 bits per heavy atom. The number of nitrogens with zero attached hydrogens (tertiary/aromatic N) is 4. The van der Waals surface area contributed by atoms with Crippen LogP contribution in [-0.4, -0.2) is 33.6 Å². The average Bonchev–Trinajstić information content (AvgIpc) is 2.77. The third kappa shape index (κ3) is 2.75. The van der Waals surface area contributed by atoms with Crippen LogP contribution in [0.2, 0.25) is 0 Å². The number of nitro groups is 1. The molecule has 0 aromatic carbocycles. The molecule has 10 heteroatoms. The van der Waals surface area contributed by atoms with E-state index in [1.54, 1.807) is 0 Å². The van der Waals surface area contributed by atoms with Gasteiger partial charge in [0.1, 0.15) is 6.07 Å². The maximum atomic E-state index is 11.1. The lowest BCUT2D eigenvalue weighted by molar-refractivity contribution is -0.388. The molecule has 88 valence electrons. The van der Waals surface area contributed by atoms with Crippen molar-refractivity contribution in [2.45, 2.75) is 0 Å². The van der Waals surface area contributed by atoms with Crippen LogP contribution in [0.5, 0.6) is 0 Å². The number of nitriles is 1. The summed E-state index contributed by atoms with van der Waals surface area (Å²) in [5, 5.41) is 24.7. The van der Waals surface area contributed by atoms with Crippen LogP contribution in [0, 0.1) is 21.4 Å². The van der Waals surface area contributed by atoms with E-state index >= 15 is 0 Å². The number of anilines is 1. The van der Waals surface area contributed by atoms with Gasteiger partial charge in [-0.05, 0) is 4.92 Å². The van der Waals surface area contributed by atoms with Crippen molar-refractivity contribution < 1.29 is 9.72 Å². The van der Waals surface area contributed by atoms with Crippen LogP contribution in [0.15, 0.2) is 11.4 Å². The van der Waals surface area contributed by atoms with Gasteiger partial charge < -0.3 is 15.4 Å². The quantitative estimate of drug-likeness (QED) is 0.360. The first kappa shape index (κ1) is 12.1. The molecule has 0 bridgehead atoms.